The zero-order chi connectivity index (χ0) is 7.84. The molecule has 0 aromatic rings. The molecular formula is C8H9BrN2. The van der Waals surface area contributed by atoms with E-state index in [0.717, 1.165) is 4.48 Å². The zero-order valence-corrected chi connectivity index (χ0v) is 7.82. The maximum Gasteiger partial charge on any atom is 0.0936 e. The molecule has 0 bridgehead atoms. The molecule has 3 heteroatoms. The van der Waals surface area contributed by atoms with Gasteiger partial charge in [-0.3, -0.25) is 4.99 Å². The summed E-state index contributed by atoms with van der Waals surface area (Å²) < 4.78 is 1.08. The number of halogens is 1. The third-order valence-corrected chi connectivity index (χ3v) is 2.51. The minimum atomic E-state index is 0.335. The van der Waals surface area contributed by atoms with E-state index >= 15 is 0 Å². The first-order valence-corrected chi connectivity index (χ1v) is 4.37. The number of likely N-dealkylation sites (N-methyl/N-ethyl adjacent to an activating group) is 1. The van der Waals surface area contributed by atoms with Crippen LogP contribution in [0.2, 0.25) is 0 Å². The van der Waals surface area contributed by atoms with Crippen molar-refractivity contribution in [2.45, 2.75) is 12.1 Å². The number of fused-ring (bicyclic) bond motifs is 1. The molecule has 0 saturated heterocycles. The second-order valence-electron chi connectivity index (χ2n) is 2.82. The van der Waals surface area contributed by atoms with Gasteiger partial charge in [-0.05, 0) is 34.3 Å². The van der Waals surface area contributed by atoms with Gasteiger partial charge in [-0.2, -0.15) is 0 Å². The summed E-state index contributed by atoms with van der Waals surface area (Å²) in [6.45, 7) is 0. The van der Waals surface area contributed by atoms with Gasteiger partial charge < -0.3 is 4.90 Å². The van der Waals surface area contributed by atoms with E-state index in [0.29, 0.717) is 12.1 Å². The van der Waals surface area contributed by atoms with E-state index in [1.54, 1.807) is 0 Å². The van der Waals surface area contributed by atoms with Gasteiger partial charge >= 0.3 is 0 Å². The van der Waals surface area contributed by atoms with Crippen molar-refractivity contribution in [2.75, 3.05) is 7.05 Å². The lowest BCUT2D eigenvalue weighted by Crippen LogP contribution is -2.31. The van der Waals surface area contributed by atoms with Gasteiger partial charge in [-0.25, -0.2) is 0 Å². The monoisotopic (exact) mass is 212 g/mol. The molecular weight excluding hydrogens is 204 g/mol. The van der Waals surface area contributed by atoms with E-state index < -0.39 is 0 Å². The molecule has 2 rings (SSSR count). The van der Waals surface area contributed by atoms with Gasteiger partial charge in [0.25, 0.3) is 0 Å². The smallest absolute Gasteiger partial charge is 0.0936 e. The van der Waals surface area contributed by atoms with Gasteiger partial charge in [0.05, 0.1) is 12.1 Å². The van der Waals surface area contributed by atoms with Crippen molar-refractivity contribution in [1.29, 1.82) is 0 Å². The Morgan fingerprint density at radius 3 is 3.27 bits per heavy atom. The van der Waals surface area contributed by atoms with Crippen LogP contribution in [0.25, 0.3) is 0 Å². The van der Waals surface area contributed by atoms with Crippen LogP contribution in [-0.2, 0) is 0 Å². The molecule has 0 spiro atoms. The Balaban J connectivity index is 2.27. The van der Waals surface area contributed by atoms with Gasteiger partial charge in [0.1, 0.15) is 0 Å². The average molecular weight is 213 g/mol. The van der Waals surface area contributed by atoms with E-state index in [-0.39, 0.29) is 0 Å². The molecule has 58 valence electrons. The normalized spacial score (nSPS) is 34.0. The molecule has 11 heavy (non-hydrogen) atoms. The number of hydrogen-bond donors (Lipinski definition) is 0. The van der Waals surface area contributed by atoms with Crippen molar-refractivity contribution < 1.29 is 0 Å². The van der Waals surface area contributed by atoms with E-state index in [2.05, 4.69) is 51.2 Å². The summed E-state index contributed by atoms with van der Waals surface area (Å²) in [6, 6.07) is 0.760. The van der Waals surface area contributed by atoms with Gasteiger partial charge in [0.15, 0.2) is 0 Å². The van der Waals surface area contributed by atoms with Crippen LogP contribution in [0.5, 0.6) is 0 Å². The molecule has 2 heterocycles. The number of aliphatic imine (C=N–C) groups is 1. The van der Waals surface area contributed by atoms with Crippen LogP contribution >= 0.6 is 15.9 Å². The molecule has 0 amide bonds. The SMILES string of the molecule is CN1C=CC2N=CC(Br)=CC21. The van der Waals surface area contributed by atoms with Crippen molar-refractivity contribution in [2.24, 2.45) is 4.99 Å². The topological polar surface area (TPSA) is 15.6 Å². The first-order chi connectivity index (χ1) is 5.27. The summed E-state index contributed by atoms with van der Waals surface area (Å²) in [4.78, 5) is 6.52. The standard InChI is InChI=1S/C8H9BrN2/c1-11-3-2-7-8(11)4-6(9)5-10-7/h2-5,7-8H,1H3. The van der Waals surface area contributed by atoms with Crippen LogP contribution in [0.4, 0.5) is 0 Å². The van der Waals surface area contributed by atoms with Gasteiger partial charge in [0, 0.05) is 17.7 Å². The Morgan fingerprint density at radius 1 is 1.64 bits per heavy atom. The maximum atomic E-state index is 4.35. The lowest BCUT2D eigenvalue weighted by Gasteiger charge is -2.23. The number of rotatable bonds is 0. The third-order valence-electron chi connectivity index (χ3n) is 2.04. The van der Waals surface area contributed by atoms with E-state index in [1.165, 1.54) is 0 Å². The second kappa shape index (κ2) is 2.48. The minimum absolute atomic E-state index is 0.335. The molecule has 0 N–H and O–H groups in total. The summed E-state index contributed by atoms with van der Waals surface area (Å²) >= 11 is 3.41. The summed E-state index contributed by atoms with van der Waals surface area (Å²) in [7, 11) is 2.07. The van der Waals surface area contributed by atoms with Crippen molar-refractivity contribution in [3.05, 3.63) is 22.8 Å². The predicted octanol–water partition coefficient (Wildman–Crippen LogP) is 1.55. The molecule has 0 radical (unpaired) electrons. The molecule has 0 aromatic heterocycles. The lowest BCUT2D eigenvalue weighted by molar-refractivity contribution is 0.392. The average Bonchev–Trinajstić information content (AvgIpc) is 2.33. The van der Waals surface area contributed by atoms with Crippen molar-refractivity contribution in [1.82, 2.24) is 4.90 Å². The number of nitrogens with zero attached hydrogens (tertiary/aromatic N) is 2. The van der Waals surface area contributed by atoms with Crippen LogP contribution in [0.1, 0.15) is 0 Å². The fraction of sp³-hybridized carbons (Fsp3) is 0.375. The van der Waals surface area contributed by atoms with Crippen LogP contribution < -0.4 is 0 Å². The first kappa shape index (κ1) is 7.10. The number of hydrogen-bond acceptors (Lipinski definition) is 2. The van der Waals surface area contributed by atoms with Crippen molar-refractivity contribution >= 4 is 22.1 Å². The number of allylic oxidation sites excluding steroid dienone is 1. The fourth-order valence-corrected chi connectivity index (χ4v) is 1.78. The van der Waals surface area contributed by atoms with Crippen LogP contribution in [0.15, 0.2) is 27.8 Å². The Hall–Kier alpha value is -0.570. The molecule has 0 aliphatic carbocycles. The zero-order valence-electron chi connectivity index (χ0n) is 6.24. The molecule has 0 saturated carbocycles. The summed E-state index contributed by atoms with van der Waals surface area (Å²) in [5, 5.41) is 0. The highest BCUT2D eigenvalue weighted by Gasteiger charge is 2.26. The van der Waals surface area contributed by atoms with Crippen LogP contribution in [-0.4, -0.2) is 30.2 Å². The van der Waals surface area contributed by atoms with Crippen molar-refractivity contribution in [3.63, 3.8) is 0 Å². The Morgan fingerprint density at radius 2 is 2.45 bits per heavy atom. The van der Waals surface area contributed by atoms with Crippen LogP contribution in [0.3, 0.4) is 0 Å². The maximum absolute atomic E-state index is 4.35. The quantitative estimate of drug-likeness (QED) is 0.596. The van der Waals surface area contributed by atoms with E-state index in [1.807, 2.05) is 6.21 Å². The molecule has 2 aliphatic heterocycles. The van der Waals surface area contributed by atoms with Gasteiger partial charge in [-0.1, -0.05) is 0 Å². The van der Waals surface area contributed by atoms with Crippen LogP contribution in [0, 0.1) is 0 Å². The Bertz CT molecular complexity index is 255. The lowest BCUT2D eigenvalue weighted by atomic mass is 10.1. The van der Waals surface area contributed by atoms with E-state index in [9.17, 15) is 0 Å². The molecule has 2 atom stereocenters. The summed E-state index contributed by atoms with van der Waals surface area (Å²) in [6.07, 6.45) is 8.24. The summed E-state index contributed by atoms with van der Waals surface area (Å²) in [5.41, 5.74) is 0. The highest BCUT2D eigenvalue weighted by Crippen LogP contribution is 2.23. The summed E-state index contributed by atoms with van der Waals surface area (Å²) in [5.74, 6) is 0. The Kier molecular flexibility index (Phi) is 1.60. The molecule has 0 aromatic carbocycles. The largest absolute Gasteiger partial charge is 0.372 e. The first-order valence-electron chi connectivity index (χ1n) is 3.58. The molecule has 2 aliphatic rings. The second-order valence-corrected chi connectivity index (χ2v) is 3.73. The molecule has 0 fully saturated rings. The van der Waals surface area contributed by atoms with E-state index in [4.69, 9.17) is 0 Å². The Labute approximate surface area is 74.4 Å². The van der Waals surface area contributed by atoms with Gasteiger partial charge in [0.2, 0.25) is 0 Å². The molecule has 2 nitrogen and oxygen atoms in total. The highest BCUT2D eigenvalue weighted by atomic mass is 79.9. The third kappa shape index (κ3) is 1.13. The van der Waals surface area contributed by atoms with Crippen molar-refractivity contribution in [3.8, 4) is 0 Å². The number of dihydropyridines is 1. The molecule has 2 unspecified atom stereocenters. The highest BCUT2D eigenvalue weighted by molar-refractivity contribution is 9.12. The predicted molar refractivity (Wildman–Crippen MR) is 50.0 cm³/mol. The minimum Gasteiger partial charge on any atom is -0.372 e. The van der Waals surface area contributed by atoms with Gasteiger partial charge in [-0.15, -0.1) is 0 Å². The fourth-order valence-electron chi connectivity index (χ4n) is 1.40.